The van der Waals surface area contributed by atoms with Crippen molar-refractivity contribution in [3.63, 3.8) is 0 Å². The number of hydrogen-bond donors (Lipinski definition) is 1. The Kier molecular flexibility index (Phi) is 3.84. The molecule has 0 aromatic heterocycles. The molecule has 1 aromatic rings. The van der Waals surface area contributed by atoms with Gasteiger partial charge < -0.3 is 5.32 Å². The molecule has 3 amide bonds. The van der Waals surface area contributed by atoms with E-state index in [2.05, 4.69) is 5.32 Å². The summed E-state index contributed by atoms with van der Waals surface area (Å²) in [7, 11) is 0. The van der Waals surface area contributed by atoms with Crippen molar-refractivity contribution in [3.8, 4) is 0 Å². The third kappa shape index (κ3) is 2.51. The molecule has 6 heteroatoms. The van der Waals surface area contributed by atoms with Gasteiger partial charge in [-0.3, -0.25) is 4.79 Å². The smallest absolute Gasteiger partial charge is 0.328 e. The predicted octanol–water partition coefficient (Wildman–Crippen LogP) is 4.00. The van der Waals surface area contributed by atoms with Crippen molar-refractivity contribution >= 4 is 40.8 Å². The van der Waals surface area contributed by atoms with E-state index in [0.717, 1.165) is 37.0 Å². The van der Waals surface area contributed by atoms with Gasteiger partial charge in [0.25, 0.3) is 0 Å². The summed E-state index contributed by atoms with van der Waals surface area (Å²) >= 11 is 12.1. The van der Waals surface area contributed by atoms with E-state index >= 15 is 0 Å². The van der Waals surface area contributed by atoms with Crippen LogP contribution >= 0.6 is 23.2 Å². The van der Waals surface area contributed by atoms with Crippen molar-refractivity contribution in [3.05, 3.63) is 28.2 Å². The molecule has 21 heavy (non-hydrogen) atoms. The van der Waals surface area contributed by atoms with Crippen LogP contribution in [0.15, 0.2) is 18.2 Å². The Morgan fingerprint density at radius 3 is 2.52 bits per heavy atom. The van der Waals surface area contributed by atoms with Crippen molar-refractivity contribution in [2.45, 2.75) is 32.1 Å². The minimum absolute atomic E-state index is 0.157. The lowest BCUT2D eigenvalue weighted by Crippen LogP contribution is -2.61. The average molecular weight is 327 g/mol. The number of nitrogens with one attached hydrogen (secondary N) is 1. The normalized spacial score (nSPS) is 21.5. The standard InChI is InChI=1S/C15H16Cl2N2O2/c16-10-4-5-11(17)12(8-10)19-13(20)15(9-18-14(19)21)6-2-1-3-7-15/h4-5,8H,1-3,6-7,9H2,(H,18,21). The summed E-state index contributed by atoms with van der Waals surface area (Å²) in [6.45, 7) is 0.416. The first-order valence-corrected chi connectivity index (χ1v) is 7.87. The zero-order chi connectivity index (χ0) is 15.0. The maximum atomic E-state index is 12.9. The topological polar surface area (TPSA) is 49.4 Å². The lowest BCUT2D eigenvalue weighted by molar-refractivity contribution is -0.130. The summed E-state index contributed by atoms with van der Waals surface area (Å²) in [5, 5.41) is 3.62. The Labute approximate surface area is 133 Å². The highest BCUT2D eigenvalue weighted by Gasteiger charge is 2.48. The molecule has 3 rings (SSSR count). The Morgan fingerprint density at radius 2 is 1.81 bits per heavy atom. The molecule has 1 saturated heterocycles. The van der Waals surface area contributed by atoms with Crippen LogP contribution in [-0.4, -0.2) is 18.5 Å². The molecule has 1 saturated carbocycles. The number of amides is 3. The first-order chi connectivity index (χ1) is 10.0. The van der Waals surface area contributed by atoms with Crippen LogP contribution in [0.5, 0.6) is 0 Å². The lowest BCUT2D eigenvalue weighted by Gasteiger charge is -2.43. The van der Waals surface area contributed by atoms with Gasteiger partial charge in [0.05, 0.1) is 16.1 Å². The van der Waals surface area contributed by atoms with E-state index in [4.69, 9.17) is 23.2 Å². The van der Waals surface area contributed by atoms with E-state index in [0.29, 0.717) is 22.3 Å². The average Bonchev–Trinajstić information content (AvgIpc) is 2.48. The number of anilines is 1. The van der Waals surface area contributed by atoms with Crippen LogP contribution in [0, 0.1) is 5.41 Å². The molecule has 0 atom stereocenters. The molecular weight excluding hydrogens is 311 g/mol. The molecule has 2 fully saturated rings. The van der Waals surface area contributed by atoms with Crippen LogP contribution in [-0.2, 0) is 4.79 Å². The number of imide groups is 1. The molecule has 1 aliphatic carbocycles. The van der Waals surface area contributed by atoms with Crippen LogP contribution in [0.25, 0.3) is 0 Å². The largest absolute Gasteiger partial charge is 0.336 e. The summed E-state index contributed by atoms with van der Waals surface area (Å²) in [6, 6.07) is 4.36. The molecule has 1 N–H and O–H groups in total. The van der Waals surface area contributed by atoms with Gasteiger partial charge in [0.15, 0.2) is 0 Å². The minimum Gasteiger partial charge on any atom is -0.336 e. The number of rotatable bonds is 1. The molecule has 0 unspecified atom stereocenters. The third-order valence-electron chi connectivity index (χ3n) is 4.40. The highest BCUT2D eigenvalue weighted by molar-refractivity contribution is 6.37. The van der Waals surface area contributed by atoms with Crippen LogP contribution in [0.3, 0.4) is 0 Å². The highest BCUT2D eigenvalue weighted by Crippen LogP contribution is 2.42. The molecule has 0 bridgehead atoms. The number of hydrogen-bond acceptors (Lipinski definition) is 2. The zero-order valence-corrected chi connectivity index (χ0v) is 13.0. The molecule has 2 aliphatic rings. The van der Waals surface area contributed by atoms with E-state index in [-0.39, 0.29) is 5.91 Å². The molecule has 1 heterocycles. The maximum absolute atomic E-state index is 12.9. The van der Waals surface area contributed by atoms with Gasteiger partial charge in [-0.15, -0.1) is 0 Å². The Bertz CT molecular complexity index is 597. The first kappa shape index (κ1) is 14.7. The molecular formula is C15H16Cl2N2O2. The second-order valence-electron chi connectivity index (χ2n) is 5.74. The van der Waals surface area contributed by atoms with Crippen LogP contribution in [0.1, 0.15) is 32.1 Å². The maximum Gasteiger partial charge on any atom is 0.328 e. The summed E-state index contributed by atoms with van der Waals surface area (Å²) in [6.07, 6.45) is 4.78. The Morgan fingerprint density at radius 1 is 1.10 bits per heavy atom. The zero-order valence-electron chi connectivity index (χ0n) is 11.5. The molecule has 1 aliphatic heterocycles. The summed E-state index contributed by atoms with van der Waals surface area (Å²) in [5.41, 5.74) is -0.131. The molecule has 1 spiro atoms. The van der Waals surface area contributed by atoms with E-state index in [9.17, 15) is 9.59 Å². The van der Waals surface area contributed by atoms with Gasteiger partial charge in [0, 0.05) is 11.6 Å². The van der Waals surface area contributed by atoms with Gasteiger partial charge in [0.1, 0.15) is 0 Å². The molecule has 4 nitrogen and oxygen atoms in total. The third-order valence-corrected chi connectivity index (χ3v) is 4.95. The van der Waals surface area contributed by atoms with Gasteiger partial charge in [-0.2, -0.15) is 0 Å². The molecule has 1 aromatic carbocycles. The SMILES string of the molecule is O=C1NCC2(CCCCC2)C(=O)N1c1cc(Cl)ccc1Cl. The van der Waals surface area contributed by atoms with Crippen molar-refractivity contribution in [1.82, 2.24) is 5.32 Å². The number of urea groups is 1. The predicted molar refractivity (Wildman–Crippen MR) is 82.9 cm³/mol. The van der Waals surface area contributed by atoms with Gasteiger partial charge in [-0.25, -0.2) is 9.69 Å². The number of carbonyl (C=O) groups excluding carboxylic acids is 2. The van der Waals surface area contributed by atoms with E-state index in [1.54, 1.807) is 18.2 Å². The number of nitrogens with zero attached hydrogens (tertiary/aromatic N) is 1. The van der Waals surface area contributed by atoms with Crippen LogP contribution < -0.4 is 10.2 Å². The second kappa shape index (κ2) is 5.50. The molecule has 0 radical (unpaired) electrons. The quantitative estimate of drug-likeness (QED) is 0.847. The van der Waals surface area contributed by atoms with Crippen LogP contribution in [0.2, 0.25) is 10.0 Å². The molecule has 112 valence electrons. The second-order valence-corrected chi connectivity index (χ2v) is 6.58. The highest BCUT2D eigenvalue weighted by atomic mass is 35.5. The van der Waals surface area contributed by atoms with Crippen molar-refractivity contribution in [1.29, 1.82) is 0 Å². The number of benzene rings is 1. The van der Waals surface area contributed by atoms with Gasteiger partial charge in [-0.1, -0.05) is 42.5 Å². The number of carbonyl (C=O) groups is 2. The lowest BCUT2D eigenvalue weighted by atomic mass is 9.72. The fourth-order valence-corrected chi connectivity index (χ4v) is 3.59. The fourth-order valence-electron chi connectivity index (χ4n) is 3.22. The van der Waals surface area contributed by atoms with E-state index in [1.165, 1.54) is 0 Å². The Balaban J connectivity index is 2.01. The summed E-state index contributed by atoms with van der Waals surface area (Å²) < 4.78 is 0. The minimum atomic E-state index is -0.488. The van der Waals surface area contributed by atoms with E-state index in [1.807, 2.05) is 0 Å². The van der Waals surface area contributed by atoms with Crippen LogP contribution in [0.4, 0.5) is 10.5 Å². The van der Waals surface area contributed by atoms with Gasteiger partial charge >= 0.3 is 6.03 Å². The monoisotopic (exact) mass is 326 g/mol. The van der Waals surface area contributed by atoms with Gasteiger partial charge in [0.2, 0.25) is 5.91 Å². The fraction of sp³-hybridized carbons (Fsp3) is 0.467. The summed E-state index contributed by atoms with van der Waals surface area (Å²) in [5.74, 6) is -0.157. The number of halogens is 2. The summed E-state index contributed by atoms with van der Waals surface area (Å²) in [4.78, 5) is 26.3. The van der Waals surface area contributed by atoms with Crippen molar-refractivity contribution < 1.29 is 9.59 Å². The Hall–Kier alpha value is -1.26. The first-order valence-electron chi connectivity index (χ1n) is 7.11. The van der Waals surface area contributed by atoms with Crippen molar-refractivity contribution in [2.24, 2.45) is 5.41 Å². The van der Waals surface area contributed by atoms with E-state index < -0.39 is 11.4 Å². The van der Waals surface area contributed by atoms with Crippen molar-refractivity contribution in [2.75, 3.05) is 11.4 Å². The van der Waals surface area contributed by atoms with Gasteiger partial charge in [-0.05, 0) is 31.0 Å².